The predicted octanol–water partition coefficient (Wildman–Crippen LogP) is 2.99. The molecule has 1 unspecified atom stereocenters. The first kappa shape index (κ1) is 12.9. The SMILES string of the molecule is CCc1ccc(Cn2cccc2CC(C)N)cc1. The van der Waals surface area contributed by atoms with Crippen LogP contribution < -0.4 is 5.73 Å². The van der Waals surface area contributed by atoms with Crippen LogP contribution in [0.3, 0.4) is 0 Å². The third kappa shape index (κ3) is 3.23. The number of aryl methyl sites for hydroxylation is 1. The Balaban J connectivity index is 2.10. The molecule has 1 heterocycles. The highest BCUT2D eigenvalue weighted by Crippen LogP contribution is 2.11. The van der Waals surface area contributed by atoms with E-state index in [1.165, 1.54) is 16.8 Å². The minimum Gasteiger partial charge on any atom is -0.347 e. The predicted molar refractivity (Wildman–Crippen MR) is 76.7 cm³/mol. The molecule has 0 saturated carbocycles. The molecule has 0 fully saturated rings. The standard InChI is InChI=1S/C16H22N2/c1-3-14-6-8-15(9-7-14)12-18-10-4-5-16(18)11-13(2)17/h4-10,13H,3,11-12,17H2,1-2H3. The second-order valence-corrected chi connectivity index (χ2v) is 4.98. The van der Waals surface area contributed by atoms with Crippen molar-refractivity contribution in [3.8, 4) is 0 Å². The molecule has 1 atom stereocenters. The summed E-state index contributed by atoms with van der Waals surface area (Å²) < 4.78 is 2.28. The topological polar surface area (TPSA) is 30.9 Å². The fraction of sp³-hybridized carbons (Fsp3) is 0.375. The van der Waals surface area contributed by atoms with Crippen LogP contribution in [0, 0.1) is 0 Å². The smallest absolute Gasteiger partial charge is 0.0472 e. The van der Waals surface area contributed by atoms with Crippen molar-refractivity contribution >= 4 is 0 Å². The van der Waals surface area contributed by atoms with E-state index in [2.05, 4.69) is 54.1 Å². The number of aromatic nitrogens is 1. The summed E-state index contributed by atoms with van der Waals surface area (Å²) in [6.45, 7) is 5.16. The molecule has 0 radical (unpaired) electrons. The molecule has 0 amide bonds. The summed E-state index contributed by atoms with van der Waals surface area (Å²) in [6.07, 6.45) is 4.16. The highest BCUT2D eigenvalue weighted by molar-refractivity contribution is 5.23. The van der Waals surface area contributed by atoms with Crippen LogP contribution in [0.1, 0.15) is 30.7 Å². The third-order valence-electron chi connectivity index (χ3n) is 3.24. The van der Waals surface area contributed by atoms with Crippen LogP contribution in [0.2, 0.25) is 0 Å². The second kappa shape index (κ2) is 5.87. The Kier molecular flexibility index (Phi) is 4.21. The van der Waals surface area contributed by atoms with Gasteiger partial charge in [-0.05, 0) is 36.6 Å². The molecule has 0 saturated heterocycles. The van der Waals surface area contributed by atoms with E-state index in [1.54, 1.807) is 0 Å². The van der Waals surface area contributed by atoms with E-state index >= 15 is 0 Å². The molecule has 2 nitrogen and oxygen atoms in total. The van der Waals surface area contributed by atoms with Crippen molar-refractivity contribution < 1.29 is 0 Å². The van der Waals surface area contributed by atoms with Gasteiger partial charge in [-0.2, -0.15) is 0 Å². The van der Waals surface area contributed by atoms with Crippen molar-refractivity contribution in [3.63, 3.8) is 0 Å². The zero-order valence-electron chi connectivity index (χ0n) is 11.3. The Labute approximate surface area is 109 Å². The lowest BCUT2D eigenvalue weighted by atomic mass is 10.1. The fourth-order valence-corrected chi connectivity index (χ4v) is 2.20. The highest BCUT2D eigenvalue weighted by Gasteiger charge is 2.04. The lowest BCUT2D eigenvalue weighted by molar-refractivity contribution is 0.666. The molecule has 2 rings (SSSR count). The molecule has 2 N–H and O–H groups in total. The summed E-state index contributed by atoms with van der Waals surface area (Å²) in [5.74, 6) is 0. The molecular weight excluding hydrogens is 220 g/mol. The van der Waals surface area contributed by atoms with E-state index in [1.807, 2.05) is 6.92 Å². The molecule has 1 aromatic carbocycles. The van der Waals surface area contributed by atoms with Gasteiger partial charge in [0.1, 0.15) is 0 Å². The van der Waals surface area contributed by atoms with E-state index in [9.17, 15) is 0 Å². The summed E-state index contributed by atoms with van der Waals surface area (Å²) in [5.41, 5.74) is 9.91. The quantitative estimate of drug-likeness (QED) is 0.858. The molecule has 0 aliphatic rings. The monoisotopic (exact) mass is 242 g/mol. The van der Waals surface area contributed by atoms with E-state index in [4.69, 9.17) is 5.73 Å². The lowest BCUT2D eigenvalue weighted by Gasteiger charge is -2.11. The van der Waals surface area contributed by atoms with Crippen molar-refractivity contribution in [3.05, 3.63) is 59.4 Å². The Bertz CT molecular complexity index is 480. The number of hydrogen-bond acceptors (Lipinski definition) is 1. The minimum absolute atomic E-state index is 0.209. The molecule has 0 spiro atoms. The number of benzene rings is 1. The van der Waals surface area contributed by atoms with Gasteiger partial charge in [0.2, 0.25) is 0 Å². The summed E-state index contributed by atoms with van der Waals surface area (Å²) in [5, 5.41) is 0. The summed E-state index contributed by atoms with van der Waals surface area (Å²) >= 11 is 0. The number of nitrogens with zero attached hydrogens (tertiary/aromatic N) is 1. The van der Waals surface area contributed by atoms with Gasteiger partial charge >= 0.3 is 0 Å². The third-order valence-corrected chi connectivity index (χ3v) is 3.24. The Morgan fingerprint density at radius 1 is 1.11 bits per heavy atom. The van der Waals surface area contributed by atoms with Crippen LogP contribution >= 0.6 is 0 Å². The van der Waals surface area contributed by atoms with Crippen LogP contribution in [0.25, 0.3) is 0 Å². The number of rotatable bonds is 5. The fourth-order valence-electron chi connectivity index (χ4n) is 2.20. The van der Waals surface area contributed by atoms with Crippen molar-refractivity contribution in [1.82, 2.24) is 4.57 Å². The maximum Gasteiger partial charge on any atom is 0.0472 e. The molecule has 18 heavy (non-hydrogen) atoms. The van der Waals surface area contributed by atoms with Crippen LogP contribution in [0.4, 0.5) is 0 Å². The van der Waals surface area contributed by atoms with Crippen LogP contribution in [-0.2, 0) is 19.4 Å². The van der Waals surface area contributed by atoms with Crippen molar-refractivity contribution in [2.75, 3.05) is 0 Å². The van der Waals surface area contributed by atoms with Gasteiger partial charge in [-0.15, -0.1) is 0 Å². The maximum absolute atomic E-state index is 5.87. The summed E-state index contributed by atoms with van der Waals surface area (Å²) in [4.78, 5) is 0. The largest absolute Gasteiger partial charge is 0.347 e. The normalized spacial score (nSPS) is 12.6. The zero-order valence-corrected chi connectivity index (χ0v) is 11.3. The maximum atomic E-state index is 5.87. The summed E-state index contributed by atoms with van der Waals surface area (Å²) in [6, 6.07) is 13.3. The molecule has 0 bridgehead atoms. The highest BCUT2D eigenvalue weighted by atomic mass is 15.0. The van der Waals surface area contributed by atoms with Gasteiger partial charge in [-0.25, -0.2) is 0 Å². The first-order chi connectivity index (χ1) is 8.69. The molecule has 2 aromatic rings. The van der Waals surface area contributed by atoms with Gasteiger partial charge in [-0.3, -0.25) is 0 Å². The average molecular weight is 242 g/mol. The molecule has 0 aliphatic heterocycles. The van der Waals surface area contributed by atoms with Crippen molar-refractivity contribution in [2.45, 2.75) is 39.3 Å². The van der Waals surface area contributed by atoms with Crippen molar-refractivity contribution in [1.29, 1.82) is 0 Å². The summed E-state index contributed by atoms with van der Waals surface area (Å²) in [7, 11) is 0. The Morgan fingerprint density at radius 3 is 2.39 bits per heavy atom. The molecular formula is C16H22N2. The average Bonchev–Trinajstić information content (AvgIpc) is 2.77. The zero-order chi connectivity index (χ0) is 13.0. The second-order valence-electron chi connectivity index (χ2n) is 4.98. The van der Waals surface area contributed by atoms with Crippen LogP contribution in [0.15, 0.2) is 42.6 Å². The van der Waals surface area contributed by atoms with Gasteiger partial charge in [0.25, 0.3) is 0 Å². The van der Waals surface area contributed by atoms with Crippen LogP contribution in [-0.4, -0.2) is 10.6 Å². The molecule has 2 heteroatoms. The van der Waals surface area contributed by atoms with Gasteiger partial charge in [0, 0.05) is 30.9 Å². The van der Waals surface area contributed by atoms with E-state index in [-0.39, 0.29) is 6.04 Å². The van der Waals surface area contributed by atoms with Gasteiger partial charge < -0.3 is 10.3 Å². The van der Waals surface area contributed by atoms with E-state index in [0.717, 1.165) is 19.4 Å². The Hall–Kier alpha value is -1.54. The van der Waals surface area contributed by atoms with Gasteiger partial charge in [-0.1, -0.05) is 31.2 Å². The van der Waals surface area contributed by atoms with Crippen molar-refractivity contribution in [2.24, 2.45) is 5.73 Å². The first-order valence-electron chi connectivity index (χ1n) is 6.66. The van der Waals surface area contributed by atoms with E-state index in [0.29, 0.717) is 0 Å². The van der Waals surface area contributed by atoms with Gasteiger partial charge in [0.15, 0.2) is 0 Å². The van der Waals surface area contributed by atoms with Crippen LogP contribution in [0.5, 0.6) is 0 Å². The van der Waals surface area contributed by atoms with E-state index < -0.39 is 0 Å². The molecule has 1 aromatic heterocycles. The molecule has 0 aliphatic carbocycles. The number of nitrogens with two attached hydrogens (primary N) is 1. The lowest BCUT2D eigenvalue weighted by Crippen LogP contribution is -2.20. The first-order valence-corrected chi connectivity index (χ1v) is 6.66. The van der Waals surface area contributed by atoms with Gasteiger partial charge in [0.05, 0.1) is 0 Å². The Morgan fingerprint density at radius 2 is 1.78 bits per heavy atom. The minimum atomic E-state index is 0.209. The molecule has 96 valence electrons. The number of hydrogen-bond donors (Lipinski definition) is 1.